The SMILES string of the molecule is CCN(C(=O)NCC1CC1C)C(C)CC(=O)O. The molecule has 0 aromatic carbocycles. The first-order valence-corrected chi connectivity index (χ1v) is 6.22. The molecule has 2 N–H and O–H groups in total. The molecule has 5 nitrogen and oxygen atoms in total. The molecule has 0 heterocycles. The quantitative estimate of drug-likeness (QED) is 0.742. The molecule has 5 heteroatoms. The van der Waals surface area contributed by atoms with E-state index in [1.165, 1.54) is 6.42 Å². The van der Waals surface area contributed by atoms with Crippen LogP contribution in [0.1, 0.15) is 33.6 Å². The topological polar surface area (TPSA) is 69.6 Å². The number of carboxylic acids is 1. The normalized spacial score (nSPS) is 23.9. The summed E-state index contributed by atoms with van der Waals surface area (Å²) in [6, 6.07) is -0.422. The smallest absolute Gasteiger partial charge is 0.317 e. The zero-order valence-electron chi connectivity index (χ0n) is 10.8. The summed E-state index contributed by atoms with van der Waals surface area (Å²) >= 11 is 0. The van der Waals surface area contributed by atoms with Crippen LogP contribution in [0.3, 0.4) is 0 Å². The number of carboxylic acid groups (broad SMARTS) is 1. The summed E-state index contributed by atoms with van der Waals surface area (Å²) < 4.78 is 0. The Labute approximate surface area is 102 Å². The van der Waals surface area contributed by atoms with Gasteiger partial charge >= 0.3 is 12.0 Å². The number of hydrogen-bond donors (Lipinski definition) is 2. The molecule has 0 spiro atoms. The highest BCUT2D eigenvalue weighted by Crippen LogP contribution is 2.36. The van der Waals surface area contributed by atoms with Crippen LogP contribution in [0.25, 0.3) is 0 Å². The summed E-state index contributed by atoms with van der Waals surface area (Å²) in [4.78, 5) is 24.0. The van der Waals surface area contributed by atoms with Gasteiger partial charge < -0.3 is 15.3 Å². The van der Waals surface area contributed by atoms with Crippen LogP contribution in [0, 0.1) is 11.8 Å². The summed E-state index contributed by atoms with van der Waals surface area (Å²) in [5.74, 6) is 0.439. The molecule has 0 aromatic heterocycles. The summed E-state index contributed by atoms with van der Waals surface area (Å²) in [7, 11) is 0. The standard InChI is InChI=1S/C12H22N2O3/c1-4-14(9(3)6-11(15)16)12(17)13-7-10-5-8(10)2/h8-10H,4-7H2,1-3H3,(H,13,17)(H,15,16). The van der Waals surface area contributed by atoms with Crippen molar-refractivity contribution in [3.63, 3.8) is 0 Å². The third-order valence-electron chi connectivity index (χ3n) is 3.40. The minimum Gasteiger partial charge on any atom is -0.481 e. The summed E-state index contributed by atoms with van der Waals surface area (Å²) in [6.45, 7) is 7.02. The van der Waals surface area contributed by atoms with Crippen molar-refractivity contribution in [3.05, 3.63) is 0 Å². The third-order valence-corrected chi connectivity index (χ3v) is 3.40. The number of hydrogen-bond acceptors (Lipinski definition) is 2. The number of aliphatic carboxylic acids is 1. The highest BCUT2D eigenvalue weighted by Gasteiger charge is 2.33. The van der Waals surface area contributed by atoms with Gasteiger partial charge in [0.25, 0.3) is 0 Å². The summed E-state index contributed by atoms with van der Waals surface area (Å²) in [5, 5.41) is 11.6. The van der Waals surface area contributed by atoms with E-state index in [0.29, 0.717) is 24.9 Å². The molecular formula is C12H22N2O3. The van der Waals surface area contributed by atoms with Gasteiger partial charge in [0.1, 0.15) is 0 Å². The Morgan fingerprint density at radius 2 is 2.12 bits per heavy atom. The molecule has 3 atom stereocenters. The Kier molecular flexibility index (Phi) is 4.78. The monoisotopic (exact) mass is 242 g/mol. The van der Waals surface area contributed by atoms with Gasteiger partial charge in [-0.3, -0.25) is 4.79 Å². The number of urea groups is 1. The minimum absolute atomic E-state index is 0.0128. The van der Waals surface area contributed by atoms with Crippen LogP contribution < -0.4 is 5.32 Å². The van der Waals surface area contributed by atoms with Crippen molar-refractivity contribution in [1.29, 1.82) is 0 Å². The predicted molar refractivity (Wildman–Crippen MR) is 64.8 cm³/mol. The van der Waals surface area contributed by atoms with Crippen LogP contribution in [0.4, 0.5) is 4.79 Å². The Morgan fingerprint density at radius 1 is 1.53 bits per heavy atom. The van der Waals surface area contributed by atoms with Crippen molar-refractivity contribution in [2.45, 2.75) is 39.7 Å². The summed E-state index contributed by atoms with van der Waals surface area (Å²) in [5.41, 5.74) is 0. The van der Waals surface area contributed by atoms with E-state index in [9.17, 15) is 9.59 Å². The van der Waals surface area contributed by atoms with E-state index in [4.69, 9.17) is 5.11 Å². The summed E-state index contributed by atoms with van der Waals surface area (Å²) in [6.07, 6.45) is 1.16. The lowest BCUT2D eigenvalue weighted by Crippen LogP contribution is -2.46. The molecule has 0 aromatic rings. The van der Waals surface area contributed by atoms with Crippen LogP contribution in [0.2, 0.25) is 0 Å². The lowest BCUT2D eigenvalue weighted by Gasteiger charge is -2.27. The Hall–Kier alpha value is -1.26. The van der Waals surface area contributed by atoms with E-state index in [-0.39, 0.29) is 18.5 Å². The predicted octanol–water partition coefficient (Wildman–Crippen LogP) is 1.54. The third kappa shape index (κ3) is 4.24. The highest BCUT2D eigenvalue weighted by atomic mass is 16.4. The zero-order chi connectivity index (χ0) is 13.0. The molecule has 3 unspecified atom stereocenters. The maximum absolute atomic E-state index is 11.9. The van der Waals surface area contributed by atoms with E-state index in [2.05, 4.69) is 12.2 Å². The van der Waals surface area contributed by atoms with Crippen LogP contribution in [-0.2, 0) is 4.79 Å². The average molecular weight is 242 g/mol. The minimum atomic E-state index is -0.875. The van der Waals surface area contributed by atoms with E-state index in [1.54, 1.807) is 11.8 Å². The zero-order valence-corrected chi connectivity index (χ0v) is 10.8. The van der Waals surface area contributed by atoms with Gasteiger partial charge in [0, 0.05) is 19.1 Å². The van der Waals surface area contributed by atoms with Gasteiger partial charge in [-0.2, -0.15) is 0 Å². The fraction of sp³-hybridized carbons (Fsp3) is 0.833. The van der Waals surface area contributed by atoms with Crippen LogP contribution in [0.15, 0.2) is 0 Å². The molecule has 17 heavy (non-hydrogen) atoms. The van der Waals surface area contributed by atoms with Crippen LogP contribution >= 0.6 is 0 Å². The van der Waals surface area contributed by atoms with Gasteiger partial charge in [-0.25, -0.2) is 4.79 Å². The molecule has 1 saturated carbocycles. The van der Waals surface area contributed by atoms with Crippen LogP contribution in [0.5, 0.6) is 0 Å². The van der Waals surface area contributed by atoms with E-state index >= 15 is 0 Å². The number of rotatable bonds is 6. The highest BCUT2D eigenvalue weighted by molar-refractivity contribution is 5.75. The molecule has 0 aliphatic heterocycles. The molecular weight excluding hydrogens is 220 g/mol. The molecule has 98 valence electrons. The molecule has 0 saturated heterocycles. The molecule has 0 bridgehead atoms. The van der Waals surface area contributed by atoms with E-state index < -0.39 is 5.97 Å². The first-order valence-electron chi connectivity index (χ1n) is 6.22. The molecule has 2 amide bonds. The molecule has 1 rings (SSSR count). The van der Waals surface area contributed by atoms with Gasteiger partial charge in [-0.15, -0.1) is 0 Å². The van der Waals surface area contributed by atoms with Crippen LogP contribution in [-0.4, -0.2) is 41.1 Å². The largest absolute Gasteiger partial charge is 0.481 e. The number of amides is 2. The maximum Gasteiger partial charge on any atom is 0.317 e. The number of nitrogens with one attached hydrogen (secondary N) is 1. The Morgan fingerprint density at radius 3 is 2.53 bits per heavy atom. The second-order valence-corrected chi connectivity index (χ2v) is 4.89. The fourth-order valence-electron chi connectivity index (χ4n) is 2.02. The second-order valence-electron chi connectivity index (χ2n) is 4.89. The van der Waals surface area contributed by atoms with Crippen molar-refractivity contribution >= 4 is 12.0 Å². The molecule has 0 radical (unpaired) electrons. The van der Waals surface area contributed by atoms with Crippen molar-refractivity contribution in [3.8, 4) is 0 Å². The van der Waals surface area contributed by atoms with Crippen molar-refractivity contribution in [1.82, 2.24) is 10.2 Å². The maximum atomic E-state index is 11.9. The number of carbonyl (C=O) groups excluding carboxylic acids is 1. The molecule has 1 fully saturated rings. The lowest BCUT2D eigenvalue weighted by atomic mass is 10.2. The lowest BCUT2D eigenvalue weighted by molar-refractivity contribution is -0.138. The van der Waals surface area contributed by atoms with E-state index in [1.807, 2.05) is 6.92 Å². The number of carbonyl (C=O) groups is 2. The van der Waals surface area contributed by atoms with Crippen molar-refractivity contribution in [2.24, 2.45) is 11.8 Å². The first-order chi connectivity index (χ1) is 7.95. The van der Waals surface area contributed by atoms with Crippen molar-refractivity contribution in [2.75, 3.05) is 13.1 Å². The van der Waals surface area contributed by atoms with Gasteiger partial charge in [-0.05, 0) is 32.1 Å². The average Bonchev–Trinajstić information content (AvgIpc) is 2.91. The van der Waals surface area contributed by atoms with Gasteiger partial charge in [0.05, 0.1) is 6.42 Å². The van der Waals surface area contributed by atoms with Gasteiger partial charge in [0.15, 0.2) is 0 Å². The van der Waals surface area contributed by atoms with Crippen molar-refractivity contribution < 1.29 is 14.7 Å². The van der Waals surface area contributed by atoms with Gasteiger partial charge in [0.2, 0.25) is 0 Å². The number of nitrogens with zero attached hydrogens (tertiary/aromatic N) is 1. The molecule has 1 aliphatic rings. The second kappa shape index (κ2) is 5.89. The van der Waals surface area contributed by atoms with Gasteiger partial charge in [-0.1, -0.05) is 6.92 Å². The fourth-order valence-corrected chi connectivity index (χ4v) is 2.02. The first kappa shape index (κ1) is 13.8. The van der Waals surface area contributed by atoms with E-state index in [0.717, 1.165) is 0 Å². The Bertz CT molecular complexity index is 293. The Balaban J connectivity index is 2.36. The molecule has 1 aliphatic carbocycles.